The summed E-state index contributed by atoms with van der Waals surface area (Å²) in [6.07, 6.45) is 3.20. The molecule has 4 heteroatoms. The fourth-order valence-electron chi connectivity index (χ4n) is 1.82. The number of nitrogens with one attached hydrogen (secondary N) is 1. The van der Waals surface area contributed by atoms with E-state index in [0.717, 1.165) is 0 Å². The molecule has 0 aliphatic carbocycles. The Balaban J connectivity index is 2.17. The molecule has 88 valence electrons. The van der Waals surface area contributed by atoms with E-state index in [-0.39, 0.29) is 6.04 Å². The number of rotatable bonds is 3. The summed E-state index contributed by atoms with van der Waals surface area (Å²) in [6.45, 7) is 4.19. The van der Waals surface area contributed by atoms with E-state index in [0.29, 0.717) is 11.6 Å². The molecular formula is C13H16N4. The van der Waals surface area contributed by atoms with Gasteiger partial charge in [-0.05, 0) is 25.0 Å². The van der Waals surface area contributed by atoms with Crippen LogP contribution >= 0.6 is 0 Å². The van der Waals surface area contributed by atoms with E-state index in [9.17, 15) is 0 Å². The molecule has 1 atom stereocenters. The van der Waals surface area contributed by atoms with Gasteiger partial charge in [0, 0.05) is 0 Å². The second kappa shape index (κ2) is 4.82. The van der Waals surface area contributed by atoms with Crippen molar-refractivity contribution < 1.29 is 0 Å². The number of aromatic nitrogens is 2. The van der Waals surface area contributed by atoms with Gasteiger partial charge in [0.05, 0.1) is 18.4 Å². The summed E-state index contributed by atoms with van der Waals surface area (Å²) in [5, 5.41) is 3.29. The molecule has 0 saturated carbocycles. The Morgan fingerprint density at radius 3 is 2.71 bits per heavy atom. The van der Waals surface area contributed by atoms with Crippen LogP contribution < -0.4 is 11.1 Å². The highest BCUT2D eigenvalue weighted by Gasteiger charge is 2.08. The monoisotopic (exact) mass is 228 g/mol. The van der Waals surface area contributed by atoms with E-state index in [1.165, 1.54) is 17.3 Å². The van der Waals surface area contributed by atoms with Gasteiger partial charge >= 0.3 is 0 Å². The smallest absolute Gasteiger partial charge is 0.147 e. The molecule has 0 amide bonds. The predicted molar refractivity (Wildman–Crippen MR) is 69.7 cm³/mol. The van der Waals surface area contributed by atoms with Crippen molar-refractivity contribution in [3.8, 4) is 0 Å². The van der Waals surface area contributed by atoms with Crippen LogP contribution in [0.25, 0.3) is 0 Å². The van der Waals surface area contributed by atoms with E-state index in [1.54, 1.807) is 6.20 Å². The highest BCUT2D eigenvalue weighted by Crippen LogP contribution is 2.20. The number of anilines is 2. The minimum absolute atomic E-state index is 0.173. The van der Waals surface area contributed by atoms with Gasteiger partial charge in [0.25, 0.3) is 0 Å². The average Bonchev–Trinajstić information content (AvgIpc) is 2.29. The van der Waals surface area contributed by atoms with Crippen molar-refractivity contribution in [3.63, 3.8) is 0 Å². The molecule has 0 bridgehead atoms. The number of hydrogen-bond acceptors (Lipinski definition) is 4. The number of benzene rings is 1. The molecular weight excluding hydrogens is 212 g/mol. The second-order valence-electron chi connectivity index (χ2n) is 4.05. The van der Waals surface area contributed by atoms with Crippen molar-refractivity contribution in [1.29, 1.82) is 0 Å². The number of nitrogens with zero attached hydrogens (tertiary/aromatic N) is 2. The third kappa shape index (κ3) is 2.72. The van der Waals surface area contributed by atoms with Crippen LogP contribution in [-0.4, -0.2) is 9.97 Å². The van der Waals surface area contributed by atoms with Crippen molar-refractivity contribution in [2.24, 2.45) is 0 Å². The Morgan fingerprint density at radius 1 is 1.24 bits per heavy atom. The van der Waals surface area contributed by atoms with E-state index in [4.69, 9.17) is 5.73 Å². The zero-order valence-corrected chi connectivity index (χ0v) is 10.0. The van der Waals surface area contributed by atoms with Crippen LogP contribution in [-0.2, 0) is 0 Å². The molecule has 3 N–H and O–H groups in total. The quantitative estimate of drug-likeness (QED) is 0.847. The van der Waals surface area contributed by atoms with E-state index in [1.807, 2.05) is 12.1 Å². The molecule has 2 aromatic rings. The summed E-state index contributed by atoms with van der Waals surface area (Å²) in [4.78, 5) is 8.18. The van der Waals surface area contributed by atoms with Crippen LogP contribution in [0.4, 0.5) is 11.6 Å². The molecule has 0 saturated heterocycles. The lowest BCUT2D eigenvalue weighted by molar-refractivity contribution is 0.863. The van der Waals surface area contributed by atoms with Crippen molar-refractivity contribution in [3.05, 3.63) is 47.8 Å². The summed E-state index contributed by atoms with van der Waals surface area (Å²) in [6, 6.07) is 8.44. The maximum Gasteiger partial charge on any atom is 0.147 e. The largest absolute Gasteiger partial charge is 0.382 e. The van der Waals surface area contributed by atoms with Crippen LogP contribution in [0.15, 0.2) is 36.7 Å². The average molecular weight is 228 g/mol. The van der Waals surface area contributed by atoms with E-state index < -0.39 is 0 Å². The first-order valence-corrected chi connectivity index (χ1v) is 5.56. The van der Waals surface area contributed by atoms with Crippen LogP contribution in [0.3, 0.4) is 0 Å². The van der Waals surface area contributed by atoms with Crippen molar-refractivity contribution in [2.45, 2.75) is 19.9 Å². The van der Waals surface area contributed by atoms with Gasteiger partial charge in [-0.25, -0.2) is 4.98 Å². The lowest BCUT2D eigenvalue weighted by atomic mass is 10.0. The summed E-state index contributed by atoms with van der Waals surface area (Å²) >= 11 is 0. The van der Waals surface area contributed by atoms with Crippen molar-refractivity contribution in [1.82, 2.24) is 9.97 Å². The molecule has 1 unspecified atom stereocenters. The molecule has 0 radical (unpaired) electrons. The molecule has 0 fully saturated rings. The van der Waals surface area contributed by atoms with Gasteiger partial charge in [0.2, 0.25) is 0 Å². The molecule has 1 aromatic heterocycles. The first-order valence-electron chi connectivity index (χ1n) is 5.56. The topological polar surface area (TPSA) is 63.8 Å². The second-order valence-corrected chi connectivity index (χ2v) is 4.05. The highest BCUT2D eigenvalue weighted by molar-refractivity contribution is 5.42. The maximum atomic E-state index is 5.59. The van der Waals surface area contributed by atoms with Crippen LogP contribution in [0.1, 0.15) is 24.1 Å². The standard InChI is InChI=1S/C13H16N4/c1-9-5-3-4-6-11(9)10(2)16-13-8-15-7-12(14)17-13/h3-8,10H,1-2H3,(H3,14,16,17). The molecule has 17 heavy (non-hydrogen) atoms. The fraction of sp³-hybridized carbons (Fsp3) is 0.231. The third-order valence-corrected chi connectivity index (χ3v) is 2.67. The minimum atomic E-state index is 0.173. The van der Waals surface area contributed by atoms with Gasteiger partial charge in [-0.1, -0.05) is 24.3 Å². The predicted octanol–water partition coefficient (Wildman–Crippen LogP) is 2.54. The first kappa shape index (κ1) is 11.4. The molecule has 1 aromatic carbocycles. The van der Waals surface area contributed by atoms with Crippen LogP contribution in [0.5, 0.6) is 0 Å². The molecule has 0 aliphatic rings. The SMILES string of the molecule is Cc1ccccc1C(C)Nc1cncc(N)n1. The van der Waals surface area contributed by atoms with Gasteiger partial charge in [-0.2, -0.15) is 0 Å². The maximum absolute atomic E-state index is 5.59. The Morgan fingerprint density at radius 2 is 2.00 bits per heavy atom. The van der Waals surface area contributed by atoms with Crippen molar-refractivity contribution >= 4 is 11.6 Å². The zero-order chi connectivity index (χ0) is 12.3. The number of nitrogen functional groups attached to an aromatic ring is 1. The Kier molecular flexibility index (Phi) is 3.23. The normalized spacial score (nSPS) is 12.1. The van der Waals surface area contributed by atoms with Gasteiger partial charge in [0.15, 0.2) is 0 Å². The highest BCUT2D eigenvalue weighted by atomic mass is 15.1. The van der Waals surface area contributed by atoms with Crippen LogP contribution in [0, 0.1) is 6.92 Å². The van der Waals surface area contributed by atoms with E-state index >= 15 is 0 Å². The molecule has 0 aliphatic heterocycles. The lowest BCUT2D eigenvalue weighted by Crippen LogP contribution is -2.10. The van der Waals surface area contributed by atoms with Crippen molar-refractivity contribution in [2.75, 3.05) is 11.1 Å². The molecule has 1 heterocycles. The van der Waals surface area contributed by atoms with E-state index in [2.05, 4.69) is 41.3 Å². The summed E-state index contributed by atoms with van der Waals surface area (Å²) in [5.41, 5.74) is 8.09. The van der Waals surface area contributed by atoms with Gasteiger partial charge in [-0.15, -0.1) is 0 Å². The number of aryl methyl sites for hydroxylation is 1. The zero-order valence-electron chi connectivity index (χ0n) is 10.0. The number of hydrogen-bond donors (Lipinski definition) is 2. The van der Waals surface area contributed by atoms with Gasteiger partial charge in [-0.3, -0.25) is 4.98 Å². The summed E-state index contributed by atoms with van der Waals surface area (Å²) in [5.74, 6) is 1.12. The minimum Gasteiger partial charge on any atom is -0.382 e. The Bertz CT molecular complexity index is 510. The fourth-order valence-corrected chi connectivity index (χ4v) is 1.82. The summed E-state index contributed by atoms with van der Waals surface area (Å²) in [7, 11) is 0. The molecule has 4 nitrogen and oxygen atoms in total. The van der Waals surface area contributed by atoms with Gasteiger partial charge < -0.3 is 11.1 Å². The lowest BCUT2D eigenvalue weighted by Gasteiger charge is -2.16. The molecule has 0 spiro atoms. The third-order valence-electron chi connectivity index (χ3n) is 2.67. The Labute approximate surface area is 101 Å². The van der Waals surface area contributed by atoms with Gasteiger partial charge in [0.1, 0.15) is 11.6 Å². The Hall–Kier alpha value is -2.10. The summed E-state index contributed by atoms with van der Waals surface area (Å²) < 4.78 is 0. The number of nitrogens with two attached hydrogens (primary N) is 1. The van der Waals surface area contributed by atoms with Crippen LogP contribution in [0.2, 0.25) is 0 Å². The molecule has 2 rings (SSSR count). The first-order chi connectivity index (χ1) is 8.16.